The molecule has 24 heavy (non-hydrogen) atoms. The highest BCUT2D eigenvalue weighted by molar-refractivity contribution is 6.36. The van der Waals surface area contributed by atoms with Crippen LogP contribution in [0.3, 0.4) is 0 Å². The van der Waals surface area contributed by atoms with Gasteiger partial charge < -0.3 is 14.4 Å². The smallest absolute Gasteiger partial charge is 0.494 e. The van der Waals surface area contributed by atoms with Crippen LogP contribution in [0, 0.1) is 5.82 Å². The molecule has 0 bridgehead atoms. The molecule has 3 nitrogen and oxygen atoms in total. The van der Waals surface area contributed by atoms with Gasteiger partial charge >= 0.3 is 6.36 Å². The minimum Gasteiger partial charge on any atom is -0.494 e. The van der Waals surface area contributed by atoms with Gasteiger partial charge in [-0.1, -0.05) is 23.7 Å². The molecule has 0 amide bonds. The highest BCUT2D eigenvalue weighted by Gasteiger charge is 2.30. The van der Waals surface area contributed by atoms with Gasteiger partial charge in [0.2, 0.25) is 5.88 Å². The van der Waals surface area contributed by atoms with Crippen LogP contribution in [0.25, 0.3) is 10.8 Å². The van der Waals surface area contributed by atoms with Gasteiger partial charge in [0, 0.05) is 11.6 Å². The first-order chi connectivity index (χ1) is 11.2. The molecular weight excluding hydrogens is 350 g/mol. The molecule has 0 aliphatic carbocycles. The minimum absolute atomic E-state index is 0.171. The van der Waals surface area contributed by atoms with Gasteiger partial charge in [0.25, 0.3) is 0 Å². The molecule has 0 spiro atoms. The summed E-state index contributed by atoms with van der Waals surface area (Å²) in [6.45, 7) is 0.171. The number of rotatable bonds is 3. The number of aromatic hydroxyl groups is 1. The maximum Gasteiger partial charge on any atom is 0.573 e. The summed E-state index contributed by atoms with van der Waals surface area (Å²) in [4.78, 5) is 0. The molecule has 0 radical (unpaired) electrons. The lowest BCUT2D eigenvalue weighted by molar-refractivity contribution is -0.274. The quantitative estimate of drug-likeness (QED) is 0.661. The molecule has 0 saturated carbocycles. The molecule has 2 aromatic carbocycles. The largest absolute Gasteiger partial charge is 0.573 e. The van der Waals surface area contributed by atoms with E-state index in [0.717, 1.165) is 0 Å². The molecule has 0 aliphatic rings. The van der Waals surface area contributed by atoms with E-state index in [1.165, 1.54) is 41.0 Å². The molecule has 8 heteroatoms. The molecule has 1 N–H and O–H groups in total. The summed E-state index contributed by atoms with van der Waals surface area (Å²) in [6.07, 6.45) is -3.17. The van der Waals surface area contributed by atoms with Gasteiger partial charge in [0.05, 0.1) is 17.0 Å². The van der Waals surface area contributed by atoms with Crippen molar-refractivity contribution in [3.63, 3.8) is 0 Å². The Bertz CT molecular complexity index is 888. The maximum atomic E-state index is 13.5. The molecule has 3 aromatic rings. The summed E-state index contributed by atoms with van der Waals surface area (Å²) < 4.78 is 55.1. The van der Waals surface area contributed by atoms with Gasteiger partial charge in [-0.2, -0.15) is 0 Å². The van der Waals surface area contributed by atoms with E-state index in [1.807, 2.05) is 0 Å². The third-order valence-electron chi connectivity index (χ3n) is 3.43. The summed E-state index contributed by atoms with van der Waals surface area (Å²) in [6, 6.07) is 7.90. The normalized spacial score (nSPS) is 11.9. The Hall–Kier alpha value is -2.41. The molecule has 0 aliphatic heterocycles. The van der Waals surface area contributed by atoms with E-state index in [4.69, 9.17) is 11.6 Å². The van der Waals surface area contributed by atoms with Gasteiger partial charge in [0.1, 0.15) is 11.6 Å². The number of hydrogen-bond donors (Lipinski definition) is 1. The highest BCUT2D eigenvalue weighted by Crippen LogP contribution is 2.35. The summed E-state index contributed by atoms with van der Waals surface area (Å²) in [5, 5.41) is 10.8. The summed E-state index contributed by atoms with van der Waals surface area (Å²) in [7, 11) is 0. The second-order valence-electron chi connectivity index (χ2n) is 5.10. The van der Waals surface area contributed by atoms with E-state index in [-0.39, 0.29) is 28.6 Å². The van der Waals surface area contributed by atoms with Crippen LogP contribution in [0.1, 0.15) is 5.56 Å². The number of halogens is 5. The van der Waals surface area contributed by atoms with Crippen molar-refractivity contribution < 1.29 is 27.4 Å². The van der Waals surface area contributed by atoms with Gasteiger partial charge in [-0.05, 0) is 29.8 Å². The van der Waals surface area contributed by atoms with Crippen LogP contribution in [0.5, 0.6) is 11.6 Å². The van der Waals surface area contributed by atoms with Crippen molar-refractivity contribution in [3.05, 3.63) is 59.0 Å². The monoisotopic (exact) mass is 359 g/mol. The third-order valence-corrected chi connectivity index (χ3v) is 3.80. The van der Waals surface area contributed by atoms with Crippen LogP contribution >= 0.6 is 11.6 Å². The topological polar surface area (TPSA) is 34.4 Å². The van der Waals surface area contributed by atoms with Gasteiger partial charge in [-0.25, -0.2) is 4.39 Å². The predicted molar refractivity (Wildman–Crippen MR) is 80.8 cm³/mol. The molecule has 0 unspecified atom stereocenters. The van der Waals surface area contributed by atoms with Crippen LogP contribution in [0.4, 0.5) is 17.6 Å². The Balaban J connectivity index is 1.88. The predicted octanol–water partition coefficient (Wildman–Crippen LogP) is 5.09. The van der Waals surface area contributed by atoms with E-state index in [9.17, 15) is 22.7 Å². The summed E-state index contributed by atoms with van der Waals surface area (Å²) >= 11 is 5.86. The van der Waals surface area contributed by atoms with Gasteiger partial charge in [0.15, 0.2) is 0 Å². The number of benzene rings is 2. The second kappa shape index (κ2) is 5.90. The van der Waals surface area contributed by atoms with Crippen molar-refractivity contribution in [2.75, 3.05) is 0 Å². The van der Waals surface area contributed by atoms with E-state index >= 15 is 0 Å². The second-order valence-corrected chi connectivity index (χ2v) is 5.48. The van der Waals surface area contributed by atoms with Crippen LogP contribution in [0.15, 0.2) is 42.6 Å². The Morgan fingerprint density at radius 2 is 1.75 bits per heavy atom. The molecular formula is C16H10ClF4NO2. The molecule has 1 aromatic heterocycles. The zero-order chi connectivity index (χ0) is 17.5. The van der Waals surface area contributed by atoms with Crippen molar-refractivity contribution in [1.82, 2.24) is 4.57 Å². The van der Waals surface area contributed by atoms with E-state index in [2.05, 4.69) is 4.74 Å². The van der Waals surface area contributed by atoms with Crippen molar-refractivity contribution in [2.45, 2.75) is 12.9 Å². The SMILES string of the molecule is Oc1c2c(Cl)c(F)ccc2cn1Cc1ccc(OC(F)(F)F)cc1. The lowest BCUT2D eigenvalue weighted by atomic mass is 10.2. The van der Waals surface area contributed by atoms with Crippen LogP contribution in [0.2, 0.25) is 5.02 Å². The molecule has 0 atom stereocenters. The molecule has 0 fully saturated rings. The van der Waals surface area contributed by atoms with Crippen molar-refractivity contribution in [3.8, 4) is 11.6 Å². The maximum absolute atomic E-state index is 13.5. The first kappa shape index (κ1) is 16.4. The number of fused-ring (bicyclic) bond motifs is 1. The van der Waals surface area contributed by atoms with Gasteiger partial charge in [-0.15, -0.1) is 13.2 Å². The zero-order valence-corrected chi connectivity index (χ0v) is 12.7. The van der Waals surface area contributed by atoms with E-state index in [1.54, 1.807) is 6.20 Å². The number of ether oxygens (including phenoxy) is 1. The molecule has 1 heterocycles. The van der Waals surface area contributed by atoms with Crippen LogP contribution in [-0.2, 0) is 6.54 Å². The highest BCUT2D eigenvalue weighted by atomic mass is 35.5. The van der Waals surface area contributed by atoms with Crippen molar-refractivity contribution in [1.29, 1.82) is 0 Å². The first-order valence-corrected chi connectivity index (χ1v) is 7.13. The first-order valence-electron chi connectivity index (χ1n) is 6.75. The number of aromatic nitrogens is 1. The van der Waals surface area contributed by atoms with Crippen LogP contribution < -0.4 is 4.74 Å². The lowest BCUT2D eigenvalue weighted by Crippen LogP contribution is -2.17. The number of hydrogen-bond acceptors (Lipinski definition) is 2. The average Bonchev–Trinajstić information content (AvgIpc) is 2.81. The molecule has 126 valence electrons. The summed E-state index contributed by atoms with van der Waals surface area (Å²) in [5.41, 5.74) is 0.622. The number of nitrogens with zero attached hydrogens (tertiary/aromatic N) is 1. The standard InChI is InChI=1S/C16H10ClF4NO2/c17-14-12(18)6-3-10-8-22(15(23)13(10)14)7-9-1-4-11(5-2-9)24-16(19,20)21/h1-6,8,23H,7H2. The third kappa shape index (κ3) is 3.26. The van der Waals surface area contributed by atoms with E-state index < -0.39 is 12.2 Å². The van der Waals surface area contributed by atoms with Crippen LogP contribution in [-0.4, -0.2) is 16.0 Å². The Morgan fingerprint density at radius 3 is 2.38 bits per heavy atom. The molecule has 0 saturated heterocycles. The Morgan fingerprint density at radius 1 is 1.08 bits per heavy atom. The van der Waals surface area contributed by atoms with Crippen molar-refractivity contribution >= 4 is 22.4 Å². The fourth-order valence-corrected chi connectivity index (χ4v) is 2.64. The Labute approximate surface area is 138 Å². The summed E-state index contributed by atoms with van der Waals surface area (Å²) in [5.74, 6) is -1.20. The number of alkyl halides is 3. The Kier molecular flexibility index (Phi) is 4.04. The average molecular weight is 360 g/mol. The minimum atomic E-state index is -4.75. The van der Waals surface area contributed by atoms with Gasteiger partial charge in [-0.3, -0.25) is 0 Å². The fourth-order valence-electron chi connectivity index (χ4n) is 2.39. The lowest BCUT2D eigenvalue weighted by Gasteiger charge is -2.10. The van der Waals surface area contributed by atoms with E-state index in [0.29, 0.717) is 10.9 Å². The zero-order valence-electron chi connectivity index (χ0n) is 11.9. The van der Waals surface area contributed by atoms with Crippen molar-refractivity contribution in [2.24, 2.45) is 0 Å². The molecule has 3 rings (SSSR count). The fraction of sp³-hybridized carbons (Fsp3) is 0.125.